The Hall–Kier alpha value is -3.60. The van der Waals surface area contributed by atoms with Crippen molar-refractivity contribution < 1.29 is 19.1 Å². The number of ether oxygens (including phenoxy) is 2. The van der Waals surface area contributed by atoms with E-state index in [4.69, 9.17) is 9.47 Å². The molecule has 1 aliphatic carbocycles. The quantitative estimate of drug-likeness (QED) is 0.676. The normalized spacial score (nSPS) is 14.8. The average molecular weight is 408 g/mol. The van der Waals surface area contributed by atoms with Crippen LogP contribution in [0.2, 0.25) is 0 Å². The number of para-hydroxylation sites is 2. The molecule has 30 heavy (non-hydrogen) atoms. The predicted molar refractivity (Wildman–Crippen MR) is 110 cm³/mol. The fourth-order valence-electron chi connectivity index (χ4n) is 3.48. The molecule has 1 aromatic carbocycles. The standard InChI is InChI=1S/C22H24N4O4/c1-29-18-10-4-3-9-17(18)25-20-16(8-7-13-24-20)21(28)30-14-19(27)26-22(15-23)11-5-2-6-12-22/h3-4,7-10,13H,2,5-6,11-12,14H2,1H3,(H,24,25)(H,26,27). The molecule has 0 aliphatic heterocycles. The van der Waals surface area contributed by atoms with Crippen LogP contribution in [-0.4, -0.2) is 36.1 Å². The lowest BCUT2D eigenvalue weighted by Crippen LogP contribution is -2.50. The highest BCUT2D eigenvalue weighted by Crippen LogP contribution is 2.28. The summed E-state index contributed by atoms with van der Waals surface area (Å²) < 4.78 is 10.5. The molecule has 1 aliphatic rings. The second-order valence-corrected chi connectivity index (χ2v) is 7.10. The lowest BCUT2D eigenvalue weighted by atomic mass is 9.83. The van der Waals surface area contributed by atoms with Gasteiger partial charge in [-0.3, -0.25) is 4.79 Å². The average Bonchev–Trinajstić information content (AvgIpc) is 2.79. The fourth-order valence-corrected chi connectivity index (χ4v) is 3.48. The molecule has 1 aromatic heterocycles. The molecule has 0 atom stereocenters. The number of benzene rings is 1. The van der Waals surface area contributed by atoms with Crippen LogP contribution in [0.15, 0.2) is 42.6 Å². The van der Waals surface area contributed by atoms with Crippen molar-refractivity contribution in [3.8, 4) is 11.8 Å². The molecular weight excluding hydrogens is 384 g/mol. The van der Waals surface area contributed by atoms with Crippen LogP contribution in [0.4, 0.5) is 11.5 Å². The van der Waals surface area contributed by atoms with Crippen molar-refractivity contribution in [1.82, 2.24) is 10.3 Å². The van der Waals surface area contributed by atoms with E-state index in [-0.39, 0.29) is 11.4 Å². The molecule has 1 heterocycles. The molecule has 1 saturated carbocycles. The highest BCUT2D eigenvalue weighted by atomic mass is 16.5. The summed E-state index contributed by atoms with van der Waals surface area (Å²) in [6.07, 6.45) is 5.60. The number of hydrogen-bond donors (Lipinski definition) is 2. The molecule has 156 valence electrons. The molecule has 0 saturated heterocycles. The summed E-state index contributed by atoms with van der Waals surface area (Å²) in [6, 6.07) is 12.6. The highest BCUT2D eigenvalue weighted by Gasteiger charge is 2.33. The third-order valence-corrected chi connectivity index (χ3v) is 5.02. The van der Waals surface area contributed by atoms with E-state index >= 15 is 0 Å². The summed E-state index contributed by atoms with van der Waals surface area (Å²) in [5.74, 6) is -0.301. The van der Waals surface area contributed by atoms with E-state index in [1.807, 2.05) is 12.1 Å². The van der Waals surface area contributed by atoms with Crippen LogP contribution in [0.5, 0.6) is 5.75 Å². The number of carbonyl (C=O) groups is 2. The Bertz CT molecular complexity index is 948. The molecule has 0 unspecified atom stereocenters. The van der Waals surface area contributed by atoms with Crippen LogP contribution >= 0.6 is 0 Å². The van der Waals surface area contributed by atoms with Gasteiger partial charge in [-0.05, 0) is 37.1 Å². The van der Waals surface area contributed by atoms with Gasteiger partial charge in [0.1, 0.15) is 22.7 Å². The molecule has 1 amide bonds. The van der Waals surface area contributed by atoms with E-state index in [9.17, 15) is 14.9 Å². The van der Waals surface area contributed by atoms with Crippen molar-refractivity contribution >= 4 is 23.4 Å². The summed E-state index contributed by atoms with van der Waals surface area (Å²) in [4.78, 5) is 29.1. The van der Waals surface area contributed by atoms with Gasteiger partial charge in [-0.1, -0.05) is 31.4 Å². The molecule has 0 radical (unpaired) electrons. The van der Waals surface area contributed by atoms with E-state index in [0.29, 0.717) is 24.3 Å². The molecule has 0 bridgehead atoms. The van der Waals surface area contributed by atoms with E-state index in [1.54, 1.807) is 37.6 Å². The first kappa shape index (κ1) is 21.1. The smallest absolute Gasteiger partial charge is 0.342 e. The minimum absolute atomic E-state index is 0.184. The number of hydrogen-bond acceptors (Lipinski definition) is 7. The topological polar surface area (TPSA) is 113 Å². The van der Waals surface area contributed by atoms with Gasteiger partial charge < -0.3 is 20.1 Å². The van der Waals surface area contributed by atoms with Crippen molar-refractivity contribution in [2.24, 2.45) is 0 Å². The summed E-state index contributed by atoms with van der Waals surface area (Å²) >= 11 is 0. The summed E-state index contributed by atoms with van der Waals surface area (Å²) in [7, 11) is 1.55. The van der Waals surface area contributed by atoms with E-state index in [1.165, 1.54) is 0 Å². The summed E-state index contributed by atoms with van der Waals surface area (Å²) in [5.41, 5.74) is -0.0466. The first-order valence-electron chi connectivity index (χ1n) is 9.81. The number of nitrogens with zero attached hydrogens (tertiary/aromatic N) is 2. The maximum Gasteiger partial charge on any atom is 0.342 e. The molecule has 1 fully saturated rings. The molecule has 8 heteroatoms. The van der Waals surface area contributed by atoms with Gasteiger partial charge in [0.25, 0.3) is 5.91 Å². The van der Waals surface area contributed by atoms with Gasteiger partial charge in [0, 0.05) is 6.20 Å². The Morgan fingerprint density at radius 3 is 2.67 bits per heavy atom. The van der Waals surface area contributed by atoms with Crippen LogP contribution in [0.3, 0.4) is 0 Å². The van der Waals surface area contributed by atoms with Crippen LogP contribution in [-0.2, 0) is 9.53 Å². The number of aromatic nitrogens is 1. The van der Waals surface area contributed by atoms with Crippen LogP contribution < -0.4 is 15.4 Å². The zero-order valence-electron chi connectivity index (χ0n) is 16.8. The summed E-state index contributed by atoms with van der Waals surface area (Å²) in [6.45, 7) is -0.467. The third-order valence-electron chi connectivity index (χ3n) is 5.02. The molecule has 2 aromatic rings. The van der Waals surface area contributed by atoms with Crippen LogP contribution in [0, 0.1) is 11.3 Å². The number of pyridine rings is 1. The van der Waals surface area contributed by atoms with Crippen molar-refractivity contribution in [3.63, 3.8) is 0 Å². The number of amides is 1. The van der Waals surface area contributed by atoms with Crippen molar-refractivity contribution in [3.05, 3.63) is 48.2 Å². The summed E-state index contributed by atoms with van der Waals surface area (Å²) in [5, 5.41) is 15.3. The molecular formula is C22H24N4O4. The minimum atomic E-state index is -0.868. The molecule has 2 N–H and O–H groups in total. The van der Waals surface area contributed by atoms with Crippen molar-refractivity contribution in [1.29, 1.82) is 5.26 Å². The third kappa shape index (κ3) is 5.06. The van der Waals surface area contributed by atoms with Gasteiger partial charge >= 0.3 is 5.97 Å². The van der Waals surface area contributed by atoms with E-state index in [0.717, 1.165) is 19.3 Å². The monoisotopic (exact) mass is 408 g/mol. The zero-order valence-corrected chi connectivity index (χ0v) is 16.8. The number of nitrogens with one attached hydrogen (secondary N) is 2. The molecule has 8 nitrogen and oxygen atoms in total. The first-order chi connectivity index (χ1) is 14.6. The SMILES string of the molecule is COc1ccccc1Nc1ncccc1C(=O)OCC(=O)NC1(C#N)CCCCC1. The maximum absolute atomic E-state index is 12.6. The molecule has 3 rings (SSSR count). The largest absolute Gasteiger partial charge is 0.495 e. The van der Waals surface area contributed by atoms with Gasteiger partial charge in [-0.2, -0.15) is 5.26 Å². The second kappa shape index (κ2) is 9.74. The van der Waals surface area contributed by atoms with Crippen LogP contribution in [0.25, 0.3) is 0 Å². The van der Waals surface area contributed by atoms with Crippen LogP contribution in [0.1, 0.15) is 42.5 Å². The lowest BCUT2D eigenvalue weighted by Gasteiger charge is -2.31. The fraction of sp³-hybridized carbons (Fsp3) is 0.364. The maximum atomic E-state index is 12.6. The van der Waals surface area contributed by atoms with Crippen molar-refractivity contribution in [2.75, 3.05) is 19.0 Å². The van der Waals surface area contributed by atoms with E-state index < -0.39 is 24.0 Å². The Labute approximate surface area is 175 Å². The minimum Gasteiger partial charge on any atom is -0.495 e. The Balaban J connectivity index is 1.65. The van der Waals surface area contributed by atoms with Gasteiger partial charge in [-0.15, -0.1) is 0 Å². The number of anilines is 2. The van der Waals surface area contributed by atoms with Crippen molar-refractivity contribution in [2.45, 2.75) is 37.6 Å². The second-order valence-electron chi connectivity index (χ2n) is 7.10. The predicted octanol–water partition coefficient (Wildman–Crippen LogP) is 3.33. The van der Waals surface area contributed by atoms with Gasteiger partial charge in [-0.25, -0.2) is 9.78 Å². The number of methoxy groups -OCH3 is 1. The highest BCUT2D eigenvalue weighted by molar-refractivity contribution is 5.96. The zero-order chi connectivity index (χ0) is 21.4. The van der Waals surface area contributed by atoms with E-state index in [2.05, 4.69) is 21.7 Å². The number of nitriles is 1. The first-order valence-corrected chi connectivity index (χ1v) is 9.81. The number of carbonyl (C=O) groups excluding carboxylic acids is 2. The Morgan fingerprint density at radius 2 is 1.93 bits per heavy atom. The Kier molecular flexibility index (Phi) is 6.86. The molecule has 0 spiro atoms. The van der Waals surface area contributed by atoms with Gasteiger partial charge in [0.05, 0.1) is 18.9 Å². The Morgan fingerprint density at radius 1 is 1.17 bits per heavy atom. The van der Waals surface area contributed by atoms with Gasteiger partial charge in [0.15, 0.2) is 6.61 Å². The lowest BCUT2D eigenvalue weighted by molar-refractivity contribution is -0.125. The number of rotatable bonds is 7. The number of esters is 1. The van der Waals surface area contributed by atoms with Gasteiger partial charge in [0.2, 0.25) is 0 Å².